The van der Waals surface area contributed by atoms with Crippen LogP contribution in [-0.4, -0.2) is 60.3 Å². The molecule has 0 spiro atoms. The smallest absolute Gasteiger partial charge is 0.147 e. The molecule has 21 heavy (non-hydrogen) atoms. The minimum Gasteiger partial charge on any atom is -0.147 e. The van der Waals surface area contributed by atoms with Crippen LogP contribution in [0.3, 0.4) is 0 Å². The van der Waals surface area contributed by atoms with Crippen molar-refractivity contribution in [1.29, 1.82) is 0 Å². The van der Waals surface area contributed by atoms with E-state index in [4.69, 9.17) is 0 Å². The predicted molar refractivity (Wildman–Crippen MR) is 90.4 cm³/mol. The Bertz CT molecular complexity index is 228. The monoisotopic (exact) mass is 380 g/mol. The van der Waals surface area contributed by atoms with Crippen molar-refractivity contribution < 1.29 is 21.4 Å². The van der Waals surface area contributed by atoms with Crippen molar-refractivity contribution in [3.8, 4) is 0 Å². The zero-order chi connectivity index (χ0) is 13.9. The van der Waals surface area contributed by atoms with Gasteiger partial charge in [-0.15, -0.1) is 24.8 Å². The minimum absolute atomic E-state index is 0. The van der Waals surface area contributed by atoms with Crippen molar-refractivity contribution in [2.75, 3.05) is 39.3 Å². The van der Waals surface area contributed by atoms with Crippen LogP contribution in [0.1, 0.15) is 39.0 Å². The van der Waals surface area contributed by atoms with Crippen molar-refractivity contribution in [2.24, 2.45) is 0 Å². The van der Waals surface area contributed by atoms with E-state index in [1.165, 1.54) is 19.3 Å². The molecule has 0 aliphatic carbocycles. The Kier molecular flexibility index (Phi) is 18.3. The maximum Gasteiger partial charge on any atom is -0.147 e. The molecular weight excluding hydrogens is 349 g/mol. The van der Waals surface area contributed by atoms with Crippen LogP contribution in [-0.2, 0) is 16.3 Å². The largest absolute Gasteiger partial charge is 0.147 e. The van der Waals surface area contributed by atoms with Gasteiger partial charge in [0.2, 0.25) is 0 Å². The first-order chi connectivity index (χ1) is 9.24. The molecule has 1 aliphatic rings. The van der Waals surface area contributed by atoms with Crippen molar-refractivity contribution in [3.05, 3.63) is 0 Å². The molecule has 2 atom stereocenters. The van der Waals surface area contributed by atoms with Gasteiger partial charge in [0.1, 0.15) is 0 Å². The zero-order valence-corrected chi connectivity index (χ0v) is 16.0. The average molecular weight is 381 g/mol. The Balaban J connectivity index is 0. The number of unbranched alkanes of at least 4 members (excludes halogenated alkanes) is 3. The summed E-state index contributed by atoms with van der Waals surface area (Å²) in [6, 6.07) is 0. The summed E-state index contributed by atoms with van der Waals surface area (Å²) >= 11 is 3.23. The Labute approximate surface area is 151 Å². The van der Waals surface area contributed by atoms with Crippen LogP contribution >= 0.6 is 24.8 Å². The van der Waals surface area contributed by atoms with E-state index >= 15 is 0 Å². The number of aliphatic hydroxyl groups excluding tert-OH is 1. The molecule has 0 aromatic heterocycles. The molecular formula is C14H32Cl2CrN3O. The maximum atomic E-state index is 10.2. The molecule has 0 amide bonds. The van der Waals surface area contributed by atoms with Crippen LogP contribution < -0.4 is 10.6 Å². The summed E-state index contributed by atoms with van der Waals surface area (Å²) in [5, 5.41) is 17.0. The van der Waals surface area contributed by atoms with Gasteiger partial charge in [-0.3, -0.25) is 0 Å². The molecule has 1 fully saturated rings. The summed E-state index contributed by atoms with van der Waals surface area (Å²) in [6.45, 7) is 8.02. The fraction of sp³-hybridized carbons (Fsp3) is 1.00. The third-order valence-corrected chi connectivity index (χ3v) is 4.34. The van der Waals surface area contributed by atoms with Crippen molar-refractivity contribution in [1.82, 2.24) is 15.5 Å². The van der Waals surface area contributed by atoms with Gasteiger partial charge in [-0.2, -0.15) is 0 Å². The molecule has 0 radical (unpaired) electrons. The van der Waals surface area contributed by atoms with E-state index in [1.807, 2.05) is 0 Å². The molecule has 0 bridgehead atoms. The second-order valence-corrected chi connectivity index (χ2v) is 6.26. The van der Waals surface area contributed by atoms with Crippen molar-refractivity contribution in [3.63, 3.8) is 0 Å². The van der Waals surface area contributed by atoms with E-state index in [2.05, 4.69) is 38.7 Å². The number of hydrogen-bond donors (Lipinski definition) is 3. The number of rotatable bonds is 7. The molecule has 2 unspecified atom stereocenters. The van der Waals surface area contributed by atoms with Crippen LogP contribution in [0.25, 0.3) is 0 Å². The van der Waals surface area contributed by atoms with Gasteiger partial charge in [0.15, 0.2) is 0 Å². The molecule has 129 valence electrons. The fourth-order valence-electron chi connectivity index (χ4n) is 2.40. The first-order valence-corrected chi connectivity index (χ1v) is 8.47. The molecule has 3 N–H and O–H groups in total. The van der Waals surface area contributed by atoms with E-state index in [-0.39, 0.29) is 30.9 Å². The van der Waals surface area contributed by atoms with E-state index < -0.39 is 0 Å². The van der Waals surface area contributed by atoms with E-state index in [0.29, 0.717) is 4.90 Å². The number of aliphatic hydroxyl groups is 1. The summed E-state index contributed by atoms with van der Waals surface area (Å²) in [4.78, 5) is 2.74. The van der Waals surface area contributed by atoms with Gasteiger partial charge in [0.25, 0.3) is 0 Å². The molecule has 0 aromatic rings. The van der Waals surface area contributed by atoms with Gasteiger partial charge < -0.3 is 0 Å². The summed E-state index contributed by atoms with van der Waals surface area (Å²) in [7, 11) is 0. The van der Waals surface area contributed by atoms with E-state index in [9.17, 15) is 5.11 Å². The number of nitrogens with one attached hydrogen (secondary N) is 2. The molecule has 1 aliphatic heterocycles. The first kappa shape index (κ1) is 24.2. The Hall–Kier alpha value is 0.952. The van der Waals surface area contributed by atoms with Gasteiger partial charge in [-0.25, -0.2) is 0 Å². The number of hydrogen-bond acceptors (Lipinski definition) is 4. The molecule has 7 heteroatoms. The SMILES string of the molecule is CCCCCCC(O)CN1CCNCCNC[CH]1[Cr].Cl.Cl. The first-order valence-electron chi connectivity index (χ1n) is 7.73. The van der Waals surface area contributed by atoms with Crippen LogP contribution in [0.4, 0.5) is 0 Å². The molecule has 4 nitrogen and oxygen atoms in total. The third-order valence-electron chi connectivity index (χ3n) is 3.62. The summed E-state index contributed by atoms with van der Waals surface area (Å²) in [6.07, 6.45) is 5.69. The standard InChI is InChI=1S/C14H30N3O.2ClH.Cr/c1-2-3-4-5-6-14(18)13-17-11-9-15-7-8-16-10-12-17;;;/h11,14-16,18H,2-10,12-13H2,1H3;2*1H;. The maximum absolute atomic E-state index is 10.2. The van der Waals surface area contributed by atoms with Crippen LogP contribution in [0.2, 0.25) is 0 Å². The van der Waals surface area contributed by atoms with Gasteiger partial charge in [0.05, 0.1) is 0 Å². The summed E-state index contributed by atoms with van der Waals surface area (Å²) in [5.41, 5.74) is 0. The third kappa shape index (κ3) is 12.1. The van der Waals surface area contributed by atoms with E-state index in [1.54, 1.807) is 0 Å². The minimum atomic E-state index is -0.187. The number of halogens is 2. The fourth-order valence-corrected chi connectivity index (χ4v) is 2.88. The second-order valence-electron chi connectivity index (χ2n) is 5.41. The molecule has 0 aromatic carbocycles. The van der Waals surface area contributed by atoms with Crippen molar-refractivity contribution >= 4 is 24.8 Å². The molecule has 1 saturated heterocycles. The normalized spacial score (nSPS) is 22.1. The second kappa shape index (κ2) is 15.8. The van der Waals surface area contributed by atoms with Gasteiger partial charge in [-0.05, 0) is 0 Å². The summed E-state index contributed by atoms with van der Waals surface area (Å²) < 4.78 is 0. The van der Waals surface area contributed by atoms with Gasteiger partial charge >= 0.3 is 126 Å². The van der Waals surface area contributed by atoms with Crippen LogP contribution in [0.15, 0.2) is 0 Å². The molecule has 1 rings (SSSR count). The topological polar surface area (TPSA) is 47.5 Å². The van der Waals surface area contributed by atoms with Gasteiger partial charge in [0, 0.05) is 0 Å². The number of nitrogens with zero attached hydrogens (tertiary/aromatic N) is 1. The molecule has 1 heterocycles. The Morgan fingerprint density at radius 2 is 1.86 bits per heavy atom. The van der Waals surface area contributed by atoms with Gasteiger partial charge in [-0.1, -0.05) is 0 Å². The Morgan fingerprint density at radius 3 is 2.57 bits per heavy atom. The zero-order valence-electron chi connectivity index (χ0n) is 13.1. The average Bonchev–Trinajstić information content (AvgIpc) is 2.49. The van der Waals surface area contributed by atoms with Crippen LogP contribution in [0.5, 0.6) is 0 Å². The quantitative estimate of drug-likeness (QED) is 0.586. The van der Waals surface area contributed by atoms with Crippen molar-refractivity contribution in [2.45, 2.75) is 50.0 Å². The molecule has 0 saturated carbocycles. The Morgan fingerprint density at radius 1 is 1.14 bits per heavy atom. The summed E-state index contributed by atoms with van der Waals surface area (Å²) in [5.74, 6) is 0. The van der Waals surface area contributed by atoms with E-state index in [0.717, 1.165) is 52.1 Å². The predicted octanol–water partition coefficient (Wildman–Crippen LogP) is 1.53. The number of β-amino-alcohol motifs (C(OH)–C–C–N with tert-alkyl or cyclic N) is 1. The van der Waals surface area contributed by atoms with Crippen LogP contribution in [0, 0.1) is 0 Å².